The lowest BCUT2D eigenvalue weighted by molar-refractivity contribution is 0.824. The predicted octanol–water partition coefficient (Wildman–Crippen LogP) is 2.14. The Morgan fingerprint density at radius 1 is 1.21 bits per heavy atom. The van der Waals surface area contributed by atoms with Crippen LogP contribution >= 0.6 is 0 Å². The first-order chi connectivity index (χ1) is 6.81. The van der Waals surface area contributed by atoms with Crippen molar-refractivity contribution in [2.45, 2.75) is 6.54 Å². The largest absolute Gasteiger partial charge is 0.399 e. The van der Waals surface area contributed by atoms with Gasteiger partial charge in [0.25, 0.3) is 0 Å². The Bertz CT molecular complexity index is 449. The van der Waals surface area contributed by atoms with Crippen LogP contribution in [0.2, 0.25) is 0 Å². The molecule has 0 aliphatic heterocycles. The van der Waals surface area contributed by atoms with Gasteiger partial charge in [0.15, 0.2) is 0 Å². The van der Waals surface area contributed by atoms with Crippen molar-refractivity contribution in [1.82, 2.24) is 5.32 Å². The van der Waals surface area contributed by atoms with Crippen LogP contribution in [0.5, 0.6) is 0 Å². The van der Waals surface area contributed by atoms with E-state index in [1.54, 1.807) is 0 Å². The summed E-state index contributed by atoms with van der Waals surface area (Å²) in [5, 5.41) is 5.64. The molecule has 72 valence electrons. The van der Waals surface area contributed by atoms with Gasteiger partial charge in [0.05, 0.1) is 0 Å². The number of hydrogen-bond donors (Lipinski definition) is 2. The van der Waals surface area contributed by atoms with E-state index in [2.05, 4.69) is 29.6 Å². The summed E-state index contributed by atoms with van der Waals surface area (Å²) in [5.41, 5.74) is 7.86. The van der Waals surface area contributed by atoms with E-state index in [0.29, 0.717) is 0 Å². The van der Waals surface area contributed by atoms with Gasteiger partial charge in [-0.05, 0) is 35.5 Å². The molecule has 2 aromatic carbocycles. The van der Waals surface area contributed by atoms with E-state index in [1.807, 2.05) is 19.2 Å². The number of nitrogen functional groups attached to an aromatic ring is 1. The average Bonchev–Trinajstić information content (AvgIpc) is 2.18. The quantitative estimate of drug-likeness (QED) is 0.705. The van der Waals surface area contributed by atoms with Crippen LogP contribution in [-0.4, -0.2) is 7.05 Å². The second-order valence-corrected chi connectivity index (χ2v) is 3.43. The number of nitrogens with two attached hydrogens (primary N) is 1. The van der Waals surface area contributed by atoms with Gasteiger partial charge in [-0.2, -0.15) is 0 Å². The van der Waals surface area contributed by atoms with E-state index >= 15 is 0 Å². The third kappa shape index (κ3) is 1.56. The second kappa shape index (κ2) is 3.68. The van der Waals surface area contributed by atoms with E-state index in [9.17, 15) is 0 Å². The van der Waals surface area contributed by atoms with Crippen molar-refractivity contribution in [2.75, 3.05) is 12.8 Å². The SMILES string of the molecule is CNCc1cccc2cc(N)ccc12. The molecule has 2 nitrogen and oxygen atoms in total. The first-order valence-electron chi connectivity index (χ1n) is 4.73. The lowest BCUT2D eigenvalue weighted by Gasteiger charge is -2.06. The van der Waals surface area contributed by atoms with Gasteiger partial charge in [-0.25, -0.2) is 0 Å². The van der Waals surface area contributed by atoms with Crippen LogP contribution in [0.25, 0.3) is 10.8 Å². The minimum absolute atomic E-state index is 0.819. The van der Waals surface area contributed by atoms with E-state index in [0.717, 1.165) is 12.2 Å². The summed E-state index contributed by atoms with van der Waals surface area (Å²) in [4.78, 5) is 0. The third-order valence-electron chi connectivity index (χ3n) is 2.36. The minimum atomic E-state index is 0.819. The summed E-state index contributed by atoms with van der Waals surface area (Å²) in [6.07, 6.45) is 0. The highest BCUT2D eigenvalue weighted by molar-refractivity contribution is 5.88. The predicted molar refractivity (Wildman–Crippen MR) is 61.1 cm³/mol. The standard InChI is InChI=1S/C12H14N2/c1-14-8-10-4-2-3-9-7-11(13)5-6-12(9)10/h2-7,14H,8,13H2,1H3. The van der Waals surface area contributed by atoms with Crippen molar-refractivity contribution in [2.24, 2.45) is 0 Å². The van der Waals surface area contributed by atoms with Gasteiger partial charge in [-0.3, -0.25) is 0 Å². The molecule has 0 spiro atoms. The van der Waals surface area contributed by atoms with Gasteiger partial charge < -0.3 is 11.1 Å². The molecule has 2 heteroatoms. The number of benzene rings is 2. The molecule has 14 heavy (non-hydrogen) atoms. The molecule has 0 atom stereocenters. The molecule has 0 aliphatic rings. The van der Waals surface area contributed by atoms with E-state index in [4.69, 9.17) is 5.73 Å². The maximum Gasteiger partial charge on any atom is 0.0320 e. The Morgan fingerprint density at radius 2 is 2.07 bits per heavy atom. The van der Waals surface area contributed by atoms with E-state index < -0.39 is 0 Å². The molecular weight excluding hydrogens is 172 g/mol. The van der Waals surface area contributed by atoms with Crippen LogP contribution in [0, 0.1) is 0 Å². The number of nitrogens with one attached hydrogen (secondary N) is 1. The zero-order valence-electron chi connectivity index (χ0n) is 8.25. The van der Waals surface area contributed by atoms with Crippen LogP contribution in [-0.2, 0) is 6.54 Å². The summed E-state index contributed by atoms with van der Waals surface area (Å²) in [6, 6.07) is 12.3. The Morgan fingerprint density at radius 3 is 2.86 bits per heavy atom. The lowest BCUT2D eigenvalue weighted by atomic mass is 10.0. The number of hydrogen-bond acceptors (Lipinski definition) is 2. The molecule has 3 N–H and O–H groups in total. The van der Waals surface area contributed by atoms with E-state index in [-0.39, 0.29) is 0 Å². The van der Waals surface area contributed by atoms with Crippen molar-refractivity contribution in [3.8, 4) is 0 Å². The normalized spacial score (nSPS) is 10.6. The molecular formula is C12H14N2. The van der Waals surface area contributed by atoms with Crippen molar-refractivity contribution >= 4 is 16.5 Å². The van der Waals surface area contributed by atoms with Crippen LogP contribution in [0.4, 0.5) is 5.69 Å². The Balaban J connectivity index is 2.62. The van der Waals surface area contributed by atoms with Gasteiger partial charge in [-0.15, -0.1) is 0 Å². The van der Waals surface area contributed by atoms with Gasteiger partial charge in [0.1, 0.15) is 0 Å². The Kier molecular flexibility index (Phi) is 2.37. The van der Waals surface area contributed by atoms with Crippen LogP contribution in [0.15, 0.2) is 36.4 Å². The van der Waals surface area contributed by atoms with Gasteiger partial charge in [0, 0.05) is 12.2 Å². The van der Waals surface area contributed by atoms with Crippen molar-refractivity contribution in [1.29, 1.82) is 0 Å². The fourth-order valence-electron chi connectivity index (χ4n) is 1.71. The molecule has 0 fully saturated rings. The smallest absolute Gasteiger partial charge is 0.0320 e. The molecule has 0 amide bonds. The third-order valence-corrected chi connectivity index (χ3v) is 2.36. The second-order valence-electron chi connectivity index (χ2n) is 3.43. The summed E-state index contributed by atoms with van der Waals surface area (Å²) >= 11 is 0. The molecule has 2 aromatic rings. The highest BCUT2D eigenvalue weighted by Gasteiger charge is 1.99. The van der Waals surface area contributed by atoms with Crippen LogP contribution < -0.4 is 11.1 Å². The van der Waals surface area contributed by atoms with Crippen molar-refractivity contribution < 1.29 is 0 Å². The summed E-state index contributed by atoms with van der Waals surface area (Å²) in [6.45, 7) is 0.890. The minimum Gasteiger partial charge on any atom is -0.399 e. The van der Waals surface area contributed by atoms with E-state index in [1.165, 1.54) is 16.3 Å². The first kappa shape index (κ1) is 9.03. The van der Waals surface area contributed by atoms with Gasteiger partial charge >= 0.3 is 0 Å². The van der Waals surface area contributed by atoms with Crippen LogP contribution in [0.3, 0.4) is 0 Å². The van der Waals surface area contributed by atoms with Crippen molar-refractivity contribution in [3.05, 3.63) is 42.0 Å². The molecule has 0 saturated heterocycles. The number of rotatable bonds is 2. The fourth-order valence-corrected chi connectivity index (χ4v) is 1.71. The zero-order valence-corrected chi connectivity index (χ0v) is 8.25. The highest BCUT2D eigenvalue weighted by atomic mass is 14.8. The van der Waals surface area contributed by atoms with Gasteiger partial charge in [0.2, 0.25) is 0 Å². The average molecular weight is 186 g/mol. The fraction of sp³-hybridized carbons (Fsp3) is 0.167. The molecule has 0 heterocycles. The molecule has 0 bridgehead atoms. The topological polar surface area (TPSA) is 38.0 Å². The lowest BCUT2D eigenvalue weighted by Crippen LogP contribution is -2.05. The molecule has 0 unspecified atom stereocenters. The van der Waals surface area contributed by atoms with Crippen molar-refractivity contribution in [3.63, 3.8) is 0 Å². The first-order valence-corrected chi connectivity index (χ1v) is 4.73. The molecule has 0 radical (unpaired) electrons. The Labute approximate surface area is 83.7 Å². The summed E-state index contributed by atoms with van der Waals surface area (Å²) in [5.74, 6) is 0. The van der Waals surface area contributed by atoms with Gasteiger partial charge in [-0.1, -0.05) is 24.3 Å². The maximum atomic E-state index is 5.73. The highest BCUT2D eigenvalue weighted by Crippen LogP contribution is 2.20. The Hall–Kier alpha value is -1.54. The molecule has 0 saturated carbocycles. The number of anilines is 1. The monoisotopic (exact) mass is 186 g/mol. The maximum absolute atomic E-state index is 5.73. The summed E-state index contributed by atoms with van der Waals surface area (Å²) in [7, 11) is 1.95. The molecule has 0 aromatic heterocycles. The number of fused-ring (bicyclic) bond motifs is 1. The molecule has 0 aliphatic carbocycles. The zero-order chi connectivity index (χ0) is 9.97. The van der Waals surface area contributed by atoms with Crippen LogP contribution in [0.1, 0.15) is 5.56 Å². The summed E-state index contributed by atoms with van der Waals surface area (Å²) < 4.78 is 0. The molecule has 2 rings (SSSR count).